The zero-order valence-corrected chi connectivity index (χ0v) is 15.3. The Bertz CT molecular complexity index is 962. The normalized spacial score (nSPS) is 11.8. The predicted molar refractivity (Wildman–Crippen MR) is 95.3 cm³/mol. The minimum atomic E-state index is -4.50. The maximum Gasteiger partial charge on any atom is 0.412 e. The van der Waals surface area contributed by atoms with Crippen molar-refractivity contribution in [3.63, 3.8) is 0 Å². The van der Waals surface area contributed by atoms with Crippen LogP contribution in [0.15, 0.2) is 41.5 Å². The number of nitrogens with one attached hydrogen (secondary N) is 1. The molecule has 2 aromatic heterocycles. The van der Waals surface area contributed by atoms with E-state index in [4.69, 9.17) is 4.74 Å². The van der Waals surface area contributed by atoms with E-state index in [1.807, 2.05) is 0 Å². The number of anilines is 1. The number of aromatic nitrogens is 2. The lowest BCUT2D eigenvalue weighted by atomic mass is 10.1. The predicted octanol–water partition coefficient (Wildman–Crippen LogP) is 2.10. The summed E-state index contributed by atoms with van der Waals surface area (Å²) in [5.41, 5.74) is -0.994. The number of amides is 1. The molecule has 9 nitrogen and oxygen atoms in total. The van der Waals surface area contributed by atoms with Gasteiger partial charge in [0.2, 0.25) is 0 Å². The topological polar surface area (TPSA) is 128 Å². The van der Waals surface area contributed by atoms with Gasteiger partial charge in [0.1, 0.15) is 11.3 Å². The molecule has 0 aliphatic carbocycles. The first-order valence-electron chi connectivity index (χ1n) is 7.56. The van der Waals surface area contributed by atoms with Crippen molar-refractivity contribution in [3.8, 4) is 11.3 Å². The van der Waals surface area contributed by atoms with Crippen molar-refractivity contribution in [2.75, 3.05) is 5.32 Å². The number of carbonyl (C=O) groups excluding carboxylic acids is 1. The first-order chi connectivity index (χ1) is 12.0. The Morgan fingerprint density at radius 3 is 2.38 bits per heavy atom. The molecular formula is C16H19N3O6S. The third-order valence-electron chi connectivity index (χ3n) is 3.08. The number of hydrogen-bond donors (Lipinski definition) is 2. The SMILES string of the molecule is CC(C)(C)OC(=O)Nc1ccc(-c2ccncc2)n(CS(=O)(=O)O)c1=O. The number of ether oxygens (including phenoxy) is 1. The number of carbonyl (C=O) groups is 1. The van der Waals surface area contributed by atoms with Gasteiger partial charge in [-0.15, -0.1) is 0 Å². The number of rotatable bonds is 4. The van der Waals surface area contributed by atoms with Crippen LogP contribution in [0.2, 0.25) is 0 Å². The molecule has 0 unspecified atom stereocenters. The Balaban J connectivity index is 2.49. The van der Waals surface area contributed by atoms with E-state index in [0.29, 0.717) is 5.56 Å². The molecule has 140 valence electrons. The van der Waals surface area contributed by atoms with E-state index in [1.54, 1.807) is 32.9 Å². The second kappa shape index (κ2) is 7.26. The molecule has 0 aliphatic heterocycles. The molecule has 26 heavy (non-hydrogen) atoms. The van der Waals surface area contributed by atoms with Crippen molar-refractivity contribution < 1.29 is 22.5 Å². The summed E-state index contributed by atoms with van der Waals surface area (Å²) in [6, 6.07) is 5.95. The van der Waals surface area contributed by atoms with Crippen molar-refractivity contribution in [2.45, 2.75) is 32.2 Å². The lowest BCUT2D eigenvalue weighted by Crippen LogP contribution is -2.32. The van der Waals surface area contributed by atoms with Crippen LogP contribution in [-0.4, -0.2) is 34.2 Å². The fourth-order valence-corrected chi connectivity index (χ4v) is 2.74. The molecule has 10 heteroatoms. The van der Waals surface area contributed by atoms with Crippen molar-refractivity contribution in [1.82, 2.24) is 9.55 Å². The number of hydrogen-bond acceptors (Lipinski definition) is 6. The first kappa shape index (κ1) is 19.6. The summed E-state index contributed by atoms with van der Waals surface area (Å²) in [6.45, 7) is 4.99. The molecule has 2 heterocycles. The summed E-state index contributed by atoms with van der Waals surface area (Å²) in [6.07, 6.45) is 2.10. The second-order valence-corrected chi connectivity index (χ2v) is 7.86. The molecule has 2 N–H and O–H groups in total. The maximum absolute atomic E-state index is 12.6. The van der Waals surface area contributed by atoms with Gasteiger partial charge < -0.3 is 4.74 Å². The number of nitrogens with zero attached hydrogens (tertiary/aromatic N) is 2. The number of pyridine rings is 2. The fourth-order valence-electron chi connectivity index (χ4n) is 2.15. The maximum atomic E-state index is 12.6. The molecule has 0 saturated carbocycles. The average Bonchev–Trinajstić information content (AvgIpc) is 2.49. The lowest BCUT2D eigenvalue weighted by Gasteiger charge is -2.20. The molecule has 0 aromatic carbocycles. The van der Waals surface area contributed by atoms with Crippen molar-refractivity contribution in [2.24, 2.45) is 0 Å². The average molecular weight is 381 g/mol. The third kappa shape index (κ3) is 5.39. The van der Waals surface area contributed by atoms with E-state index in [2.05, 4.69) is 10.3 Å². The second-order valence-electron chi connectivity index (χ2n) is 6.44. The quantitative estimate of drug-likeness (QED) is 0.776. The van der Waals surface area contributed by atoms with Crippen molar-refractivity contribution in [3.05, 3.63) is 47.0 Å². The minimum absolute atomic E-state index is 0.180. The highest BCUT2D eigenvalue weighted by molar-refractivity contribution is 7.84. The van der Waals surface area contributed by atoms with Gasteiger partial charge in [0.05, 0.1) is 5.69 Å². The van der Waals surface area contributed by atoms with Crippen LogP contribution < -0.4 is 10.9 Å². The minimum Gasteiger partial charge on any atom is -0.444 e. The Labute approximate surface area is 150 Å². The van der Waals surface area contributed by atoms with Gasteiger partial charge in [0.25, 0.3) is 15.7 Å². The van der Waals surface area contributed by atoms with Gasteiger partial charge >= 0.3 is 6.09 Å². The van der Waals surface area contributed by atoms with Crippen molar-refractivity contribution >= 4 is 21.9 Å². The monoisotopic (exact) mass is 381 g/mol. The molecule has 0 atom stereocenters. The summed E-state index contributed by atoms with van der Waals surface area (Å²) in [5, 5.41) is 2.29. The van der Waals surface area contributed by atoms with Crippen LogP contribution in [0.4, 0.5) is 10.5 Å². The molecule has 0 spiro atoms. The van der Waals surface area contributed by atoms with E-state index >= 15 is 0 Å². The van der Waals surface area contributed by atoms with Gasteiger partial charge in [-0.2, -0.15) is 8.42 Å². The first-order valence-corrected chi connectivity index (χ1v) is 9.16. The highest BCUT2D eigenvalue weighted by atomic mass is 32.2. The lowest BCUT2D eigenvalue weighted by molar-refractivity contribution is 0.0635. The molecule has 0 bridgehead atoms. The van der Waals surface area contributed by atoms with Crippen LogP contribution in [0.1, 0.15) is 20.8 Å². The Morgan fingerprint density at radius 2 is 1.85 bits per heavy atom. The van der Waals surface area contributed by atoms with E-state index in [-0.39, 0.29) is 11.4 Å². The highest BCUT2D eigenvalue weighted by Gasteiger charge is 2.20. The Morgan fingerprint density at radius 1 is 1.23 bits per heavy atom. The van der Waals surface area contributed by atoms with E-state index < -0.39 is 33.2 Å². The van der Waals surface area contributed by atoms with Gasteiger partial charge in [-0.25, -0.2) is 4.79 Å². The van der Waals surface area contributed by atoms with Gasteiger partial charge in [-0.05, 0) is 45.0 Å². The molecular weight excluding hydrogens is 362 g/mol. The Kier molecular flexibility index (Phi) is 5.47. The van der Waals surface area contributed by atoms with E-state index in [9.17, 15) is 22.6 Å². The van der Waals surface area contributed by atoms with E-state index in [1.165, 1.54) is 24.5 Å². The van der Waals surface area contributed by atoms with Gasteiger partial charge in [0, 0.05) is 18.0 Å². The molecule has 2 rings (SSSR count). The molecule has 2 aromatic rings. The smallest absolute Gasteiger partial charge is 0.412 e. The summed E-state index contributed by atoms with van der Waals surface area (Å²) in [5.74, 6) is -0.965. The molecule has 0 aliphatic rings. The fraction of sp³-hybridized carbons (Fsp3) is 0.312. The molecule has 0 fully saturated rings. The van der Waals surface area contributed by atoms with Crippen LogP contribution in [0.3, 0.4) is 0 Å². The Hall–Kier alpha value is -2.72. The molecule has 0 saturated heterocycles. The molecule has 1 amide bonds. The van der Waals surface area contributed by atoms with Gasteiger partial charge in [-0.1, -0.05) is 0 Å². The van der Waals surface area contributed by atoms with Crippen LogP contribution in [0.25, 0.3) is 11.3 Å². The molecule has 0 radical (unpaired) electrons. The summed E-state index contributed by atoms with van der Waals surface area (Å²) >= 11 is 0. The van der Waals surface area contributed by atoms with Gasteiger partial charge in [-0.3, -0.25) is 24.2 Å². The summed E-state index contributed by atoms with van der Waals surface area (Å²) in [7, 11) is -4.50. The van der Waals surface area contributed by atoms with Crippen LogP contribution in [0, 0.1) is 0 Å². The standard InChI is InChI=1S/C16H19N3O6S/c1-16(2,3)25-15(21)18-12-4-5-13(11-6-8-17-9-7-11)19(14(12)20)10-26(22,23)24/h4-9H,10H2,1-3H3,(H,18,21)(H,22,23,24). The van der Waals surface area contributed by atoms with Crippen LogP contribution >= 0.6 is 0 Å². The largest absolute Gasteiger partial charge is 0.444 e. The summed E-state index contributed by atoms with van der Waals surface area (Å²) < 4.78 is 37.8. The zero-order valence-electron chi connectivity index (χ0n) is 14.5. The van der Waals surface area contributed by atoms with Gasteiger partial charge in [0.15, 0.2) is 5.88 Å². The third-order valence-corrected chi connectivity index (χ3v) is 3.66. The van der Waals surface area contributed by atoms with E-state index in [0.717, 1.165) is 4.57 Å². The zero-order chi connectivity index (χ0) is 19.5. The summed E-state index contributed by atoms with van der Waals surface area (Å²) in [4.78, 5) is 28.4. The van der Waals surface area contributed by atoms with Crippen LogP contribution in [0.5, 0.6) is 0 Å². The van der Waals surface area contributed by atoms with Crippen LogP contribution in [-0.2, 0) is 20.7 Å². The highest BCUT2D eigenvalue weighted by Crippen LogP contribution is 2.19. The van der Waals surface area contributed by atoms with Crippen molar-refractivity contribution in [1.29, 1.82) is 0 Å².